The number of halogens is 3. The molecule has 0 spiro atoms. The Bertz CT molecular complexity index is 1250. The Hall–Kier alpha value is -3.05. The molecule has 1 atom stereocenters. The molecule has 3 saturated heterocycles. The van der Waals surface area contributed by atoms with Crippen LogP contribution in [-0.2, 0) is 6.18 Å². The van der Waals surface area contributed by atoms with Gasteiger partial charge in [-0.1, -0.05) is 12.5 Å². The molecular weight excluding hydrogens is 571 g/mol. The van der Waals surface area contributed by atoms with Crippen LogP contribution in [-0.4, -0.2) is 101 Å². The quantitative estimate of drug-likeness (QED) is 0.275. The van der Waals surface area contributed by atoms with Gasteiger partial charge in [0.25, 0.3) is 0 Å². The Kier molecular flexibility index (Phi) is 11.4. The molecule has 4 rings (SSSR count). The van der Waals surface area contributed by atoms with Crippen molar-refractivity contribution in [1.82, 2.24) is 20.0 Å². The smallest absolute Gasteiger partial charge is 0.416 e. The van der Waals surface area contributed by atoms with Gasteiger partial charge in [-0.3, -0.25) is 9.89 Å². The zero-order valence-corrected chi connectivity index (χ0v) is 26.5. The van der Waals surface area contributed by atoms with Crippen LogP contribution in [0.25, 0.3) is 0 Å². The van der Waals surface area contributed by atoms with Crippen molar-refractivity contribution in [2.75, 3.05) is 46.3 Å². The van der Waals surface area contributed by atoms with E-state index in [0.717, 1.165) is 87.3 Å². The fraction of sp³-hybridized carbons (Fsp3) is 0.636. The first-order valence-corrected chi connectivity index (χ1v) is 15.9. The number of hydrogen-bond acceptors (Lipinski definition) is 6. The lowest BCUT2D eigenvalue weighted by Crippen LogP contribution is -2.55. The van der Waals surface area contributed by atoms with Crippen LogP contribution in [0.3, 0.4) is 0 Å². The van der Waals surface area contributed by atoms with Crippen molar-refractivity contribution in [3.63, 3.8) is 0 Å². The van der Waals surface area contributed by atoms with Gasteiger partial charge < -0.3 is 25.3 Å². The average Bonchev–Trinajstić information content (AvgIpc) is 3.01. The standard InChI is InChI=1S/C33H48F3N5O3/c1-5-22(2)29(19-23(3)31(37-4)28-9-8-24(20-30(28)43)33(34,35)36)38-25-7-6-14-41(21-25)26-10-15-39(16-11-26)32(44)40-17-12-27(42)13-18-40/h8-9,19-20,25-27,38,42-43H,5-7,10-18,21H2,1-4H3/b23-19-,29-22-,37-31+. The first-order chi connectivity index (χ1) is 20.9. The molecule has 0 aromatic heterocycles. The zero-order valence-electron chi connectivity index (χ0n) is 26.5. The fourth-order valence-electron chi connectivity index (χ4n) is 6.54. The highest BCUT2D eigenvalue weighted by molar-refractivity contribution is 6.14. The highest BCUT2D eigenvalue weighted by atomic mass is 19.4. The van der Waals surface area contributed by atoms with E-state index in [2.05, 4.69) is 29.1 Å². The van der Waals surface area contributed by atoms with Gasteiger partial charge in [0.1, 0.15) is 5.75 Å². The summed E-state index contributed by atoms with van der Waals surface area (Å²) in [5, 5.41) is 24.0. The van der Waals surface area contributed by atoms with Gasteiger partial charge >= 0.3 is 12.2 Å². The van der Waals surface area contributed by atoms with Crippen LogP contribution in [0.5, 0.6) is 5.75 Å². The van der Waals surface area contributed by atoms with Crippen LogP contribution in [0.1, 0.15) is 76.8 Å². The van der Waals surface area contributed by atoms with Crippen LogP contribution < -0.4 is 5.32 Å². The number of aliphatic hydroxyl groups excluding tert-OH is 1. The number of amides is 2. The third-order valence-corrected chi connectivity index (χ3v) is 9.33. The van der Waals surface area contributed by atoms with E-state index in [4.69, 9.17) is 0 Å². The van der Waals surface area contributed by atoms with Gasteiger partial charge in [0.2, 0.25) is 0 Å². The maximum Gasteiger partial charge on any atom is 0.416 e. The monoisotopic (exact) mass is 619 g/mol. The minimum Gasteiger partial charge on any atom is -0.507 e. The van der Waals surface area contributed by atoms with Crippen molar-refractivity contribution in [2.24, 2.45) is 4.99 Å². The molecule has 11 heteroatoms. The molecule has 3 aliphatic heterocycles. The summed E-state index contributed by atoms with van der Waals surface area (Å²) < 4.78 is 39.4. The van der Waals surface area contributed by atoms with Crippen LogP contribution in [0.4, 0.5) is 18.0 Å². The molecule has 8 nitrogen and oxygen atoms in total. The number of phenolic OH excluding ortho intramolecular Hbond substituents is 1. The highest BCUT2D eigenvalue weighted by Crippen LogP contribution is 2.34. The minimum absolute atomic E-state index is 0.0973. The number of aliphatic hydroxyl groups is 1. The summed E-state index contributed by atoms with van der Waals surface area (Å²) in [7, 11) is 1.57. The first kappa shape index (κ1) is 33.8. The van der Waals surface area contributed by atoms with E-state index in [0.29, 0.717) is 37.7 Å². The van der Waals surface area contributed by atoms with Crippen LogP contribution in [0.15, 0.2) is 46.1 Å². The summed E-state index contributed by atoms with van der Waals surface area (Å²) in [5.74, 6) is -0.454. The fourth-order valence-corrected chi connectivity index (χ4v) is 6.54. The topological polar surface area (TPSA) is 91.6 Å². The zero-order chi connectivity index (χ0) is 32.0. The van der Waals surface area contributed by atoms with Gasteiger partial charge in [-0.2, -0.15) is 13.2 Å². The number of alkyl halides is 3. The molecule has 0 bridgehead atoms. The van der Waals surface area contributed by atoms with Gasteiger partial charge in [0, 0.05) is 63.1 Å². The summed E-state index contributed by atoms with van der Waals surface area (Å²) in [6.45, 7) is 10.7. The molecule has 44 heavy (non-hydrogen) atoms. The number of urea groups is 1. The molecule has 3 N–H and O–H groups in total. The molecule has 2 amide bonds. The second kappa shape index (κ2) is 14.8. The minimum atomic E-state index is -4.54. The van der Waals surface area contributed by atoms with E-state index in [-0.39, 0.29) is 23.7 Å². The van der Waals surface area contributed by atoms with Crippen LogP contribution in [0, 0.1) is 0 Å². The number of phenols is 1. The first-order valence-electron chi connectivity index (χ1n) is 15.9. The van der Waals surface area contributed by atoms with Gasteiger partial charge in [0.05, 0.1) is 17.4 Å². The van der Waals surface area contributed by atoms with Crippen molar-refractivity contribution in [3.05, 3.63) is 52.2 Å². The van der Waals surface area contributed by atoms with E-state index < -0.39 is 17.5 Å². The number of nitrogens with zero attached hydrogens (tertiary/aromatic N) is 4. The number of allylic oxidation sites excluding steroid dienone is 3. The number of piperidine rings is 3. The average molecular weight is 620 g/mol. The molecule has 3 aliphatic rings. The Morgan fingerprint density at radius 1 is 1.05 bits per heavy atom. The molecule has 0 aliphatic carbocycles. The van der Waals surface area contributed by atoms with Crippen molar-refractivity contribution < 1.29 is 28.2 Å². The molecule has 1 aromatic rings. The molecule has 1 unspecified atom stereocenters. The Labute approximate surface area is 259 Å². The van der Waals surface area contributed by atoms with Crippen LogP contribution >= 0.6 is 0 Å². The van der Waals surface area contributed by atoms with E-state index >= 15 is 0 Å². The van der Waals surface area contributed by atoms with E-state index in [1.54, 1.807) is 7.05 Å². The second-order valence-corrected chi connectivity index (χ2v) is 12.4. The number of aromatic hydroxyl groups is 1. The Morgan fingerprint density at radius 3 is 2.25 bits per heavy atom. The molecule has 244 valence electrons. The Morgan fingerprint density at radius 2 is 1.68 bits per heavy atom. The number of likely N-dealkylation sites (tertiary alicyclic amines) is 3. The molecule has 1 aromatic carbocycles. The number of rotatable bonds is 7. The summed E-state index contributed by atoms with van der Waals surface area (Å²) in [5.41, 5.74) is 2.66. The lowest BCUT2D eigenvalue weighted by atomic mass is 9.96. The predicted molar refractivity (Wildman–Crippen MR) is 167 cm³/mol. The third-order valence-electron chi connectivity index (χ3n) is 9.33. The third kappa shape index (κ3) is 8.35. The maximum atomic E-state index is 13.1. The van der Waals surface area contributed by atoms with Crippen LogP contribution in [0.2, 0.25) is 0 Å². The van der Waals surface area contributed by atoms with Crippen molar-refractivity contribution in [3.8, 4) is 5.75 Å². The van der Waals surface area contributed by atoms with Crippen molar-refractivity contribution in [2.45, 2.75) is 90.1 Å². The molecule has 3 fully saturated rings. The van der Waals surface area contributed by atoms with E-state index in [1.165, 1.54) is 6.07 Å². The SMILES string of the molecule is CC/C(C)=C(/C=C(C)\C(=N/C)c1ccc(C(F)(F)F)cc1O)NC1CCCN(C2CCN(C(=O)N3CCC(O)CC3)CC2)C1. The van der Waals surface area contributed by atoms with E-state index in [9.17, 15) is 28.2 Å². The highest BCUT2D eigenvalue weighted by Gasteiger charge is 2.33. The summed E-state index contributed by atoms with van der Waals surface area (Å²) in [6.07, 6.45) is 3.25. The Balaban J connectivity index is 1.39. The maximum absolute atomic E-state index is 13.1. The summed E-state index contributed by atoms with van der Waals surface area (Å²) >= 11 is 0. The van der Waals surface area contributed by atoms with Crippen molar-refractivity contribution in [1.29, 1.82) is 0 Å². The van der Waals surface area contributed by atoms with E-state index in [1.807, 2.05) is 22.8 Å². The number of benzene rings is 1. The number of carbonyl (C=O) groups is 1. The lowest BCUT2D eigenvalue weighted by Gasteiger charge is -2.44. The number of nitrogens with one attached hydrogen (secondary N) is 1. The summed E-state index contributed by atoms with van der Waals surface area (Å²) in [6, 6.07) is 3.73. The van der Waals surface area contributed by atoms with Gasteiger partial charge in [-0.05, 0) is 95.2 Å². The summed E-state index contributed by atoms with van der Waals surface area (Å²) in [4.78, 5) is 23.7. The van der Waals surface area contributed by atoms with Gasteiger partial charge in [-0.25, -0.2) is 4.79 Å². The number of carbonyl (C=O) groups excluding carboxylic acids is 1. The number of hydrogen-bond donors (Lipinski definition) is 3. The normalized spacial score (nSPS) is 22.7. The molecule has 0 radical (unpaired) electrons. The van der Waals surface area contributed by atoms with Gasteiger partial charge in [0.15, 0.2) is 0 Å². The lowest BCUT2D eigenvalue weighted by molar-refractivity contribution is -0.137. The van der Waals surface area contributed by atoms with Crippen molar-refractivity contribution >= 4 is 11.7 Å². The molecular formula is C33H48F3N5O3. The molecule has 3 heterocycles. The number of aliphatic imine (C=N–C) groups is 1. The largest absolute Gasteiger partial charge is 0.507 e. The predicted octanol–water partition coefficient (Wildman–Crippen LogP) is 5.56. The molecule has 0 saturated carbocycles. The second-order valence-electron chi connectivity index (χ2n) is 12.4. The van der Waals surface area contributed by atoms with Gasteiger partial charge in [-0.15, -0.1) is 0 Å².